The van der Waals surface area contributed by atoms with Crippen molar-refractivity contribution in [2.24, 2.45) is 0 Å². The van der Waals surface area contributed by atoms with Gasteiger partial charge in [0, 0.05) is 32.6 Å². The predicted octanol–water partition coefficient (Wildman–Crippen LogP) is 1.96. The molecule has 2 heterocycles. The lowest BCUT2D eigenvalue weighted by Gasteiger charge is -2.36. The highest BCUT2D eigenvalue weighted by atomic mass is 16.5. The molecule has 0 N–H and O–H groups in total. The molecular formula is C21H31N3O3. The number of amides is 2. The highest BCUT2D eigenvalue weighted by Gasteiger charge is 2.26. The van der Waals surface area contributed by atoms with E-state index in [1.807, 2.05) is 34.1 Å². The normalized spacial score (nSPS) is 19.2. The van der Waals surface area contributed by atoms with Gasteiger partial charge in [0.05, 0.1) is 13.7 Å². The summed E-state index contributed by atoms with van der Waals surface area (Å²) in [5, 5.41) is 0. The van der Waals surface area contributed by atoms with Crippen molar-refractivity contribution < 1.29 is 14.3 Å². The van der Waals surface area contributed by atoms with Crippen LogP contribution in [0, 0.1) is 0 Å². The quantitative estimate of drug-likeness (QED) is 0.765. The summed E-state index contributed by atoms with van der Waals surface area (Å²) in [5.74, 6) is 1.37. The molecule has 1 unspecified atom stereocenters. The van der Waals surface area contributed by atoms with Crippen molar-refractivity contribution in [2.75, 3.05) is 52.9 Å². The summed E-state index contributed by atoms with van der Waals surface area (Å²) in [7, 11) is 1.65. The number of hydrogen-bond donors (Lipinski definition) is 0. The fraction of sp³-hybridized carbons (Fsp3) is 0.619. The van der Waals surface area contributed by atoms with Gasteiger partial charge in [0.1, 0.15) is 5.75 Å². The summed E-state index contributed by atoms with van der Waals surface area (Å²) in [4.78, 5) is 31.1. The van der Waals surface area contributed by atoms with E-state index in [1.165, 1.54) is 12.8 Å². The molecule has 148 valence electrons. The van der Waals surface area contributed by atoms with Crippen molar-refractivity contribution in [3.05, 3.63) is 29.8 Å². The van der Waals surface area contributed by atoms with E-state index in [2.05, 4.69) is 11.8 Å². The molecule has 1 aromatic rings. The summed E-state index contributed by atoms with van der Waals surface area (Å²) in [6, 6.07) is 7.90. The Morgan fingerprint density at radius 2 is 1.48 bits per heavy atom. The molecule has 1 aromatic carbocycles. The summed E-state index contributed by atoms with van der Waals surface area (Å²) >= 11 is 0. The van der Waals surface area contributed by atoms with Gasteiger partial charge >= 0.3 is 0 Å². The molecule has 2 amide bonds. The first-order chi connectivity index (χ1) is 13.1. The standard InChI is InChI=1S/C21H31N3O3/c1-17(18-5-7-19(27-2)8-6-18)15-20(25)23-11-13-24(14-12-23)21(26)16-22-9-3-4-10-22/h5-8,17H,3-4,9-16H2,1-2H3. The maximum absolute atomic E-state index is 12.6. The van der Waals surface area contributed by atoms with Gasteiger partial charge in [-0.2, -0.15) is 0 Å². The highest BCUT2D eigenvalue weighted by Crippen LogP contribution is 2.23. The second kappa shape index (κ2) is 9.22. The zero-order valence-corrected chi connectivity index (χ0v) is 16.5. The Kier molecular flexibility index (Phi) is 6.72. The van der Waals surface area contributed by atoms with E-state index < -0.39 is 0 Å². The van der Waals surface area contributed by atoms with E-state index in [0.29, 0.717) is 39.1 Å². The SMILES string of the molecule is COc1ccc(C(C)CC(=O)N2CCN(C(=O)CN3CCCC3)CC2)cc1. The second-order valence-corrected chi connectivity index (χ2v) is 7.62. The number of benzene rings is 1. The van der Waals surface area contributed by atoms with Crippen LogP contribution in [0.3, 0.4) is 0 Å². The van der Waals surface area contributed by atoms with Crippen LogP contribution in [0.1, 0.15) is 37.7 Å². The summed E-state index contributed by atoms with van der Waals surface area (Å²) in [6.07, 6.45) is 2.89. The molecule has 27 heavy (non-hydrogen) atoms. The number of methoxy groups -OCH3 is 1. The smallest absolute Gasteiger partial charge is 0.236 e. The van der Waals surface area contributed by atoms with Gasteiger partial charge in [0.2, 0.25) is 11.8 Å². The van der Waals surface area contributed by atoms with Gasteiger partial charge in [-0.1, -0.05) is 19.1 Å². The molecule has 0 bridgehead atoms. The van der Waals surface area contributed by atoms with Crippen molar-refractivity contribution in [1.29, 1.82) is 0 Å². The van der Waals surface area contributed by atoms with E-state index in [9.17, 15) is 9.59 Å². The summed E-state index contributed by atoms with van der Waals surface area (Å²) < 4.78 is 5.19. The molecule has 6 heteroatoms. The van der Waals surface area contributed by atoms with E-state index >= 15 is 0 Å². The van der Waals surface area contributed by atoms with Crippen molar-refractivity contribution in [2.45, 2.75) is 32.1 Å². The van der Waals surface area contributed by atoms with E-state index in [-0.39, 0.29) is 17.7 Å². The van der Waals surface area contributed by atoms with Crippen LogP contribution in [-0.4, -0.2) is 79.4 Å². The van der Waals surface area contributed by atoms with Crippen LogP contribution in [0.4, 0.5) is 0 Å². The molecule has 0 spiro atoms. The number of piperazine rings is 1. The minimum Gasteiger partial charge on any atom is -0.497 e. The maximum atomic E-state index is 12.6. The van der Waals surface area contributed by atoms with Gasteiger partial charge in [0.15, 0.2) is 0 Å². The van der Waals surface area contributed by atoms with Gasteiger partial charge in [-0.05, 0) is 49.5 Å². The Labute approximate surface area is 162 Å². The van der Waals surface area contributed by atoms with Gasteiger partial charge in [-0.15, -0.1) is 0 Å². The molecule has 6 nitrogen and oxygen atoms in total. The molecule has 0 saturated carbocycles. The molecule has 0 aromatic heterocycles. The molecule has 2 aliphatic heterocycles. The Morgan fingerprint density at radius 3 is 2.04 bits per heavy atom. The highest BCUT2D eigenvalue weighted by molar-refractivity contribution is 5.80. The van der Waals surface area contributed by atoms with Crippen molar-refractivity contribution >= 4 is 11.8 Å². The first kappa shape index (κ1) is 19.7. The van der Waals surface area contributed by atoms with E-state index in [0.717, 1.165) is 24.4 Å². The molecule has 0 aliphatic carbocycles. The van der Waals surface area contributed by atoms with Crippen molar-refractivity contribution in [3.8, 4) is 5.75 Å². The Hall–Kier alpha value is -2.08. The lowest BCUT2D eigenvalue weighted by Crippen LogP contribution is -2.52. The van der Waals surface area contributed by atoms with Gasteiger partial charge in [-0.3, -0.25) is 14.5 Å². The third-order valence-electron chi connectivity index (χ3n) is 5.71. The number of carbonyl (C=O) groups is 2. The number of ether oxygens (including phenoxy) is 1. The van der Waals surface area contributed by atoms with Gasteiger partial charge in [-0.25, -0.2) is 0 Å². The Bertz CT molecular complexity index is 633. The molecule has 3 rings (SSSR count). The topological polar surface area (TPSA) is 53.1 Å². The average molecular weight is 373 g/mol. The molecule has 1 atom stereocenters. The largest absolute Gasteiger partial charge is 0.497 e. The summed E-state index contributed by atoms with van der Waals surface area (Å²) in [5.41, 5.74) is 1.14. The summed E-state index contributed by atoms with van der Waals surface area (Å²) in [6.45, 7) is 7.25. The fourth-order valence-corrected chi connectivity index (χ4v) is 3.88. The number of carbonyl (C=O) groups excluding carboxylic acids is 2. The lowest BCUT2D eigenvalue weighted by molar-refractivity contribution is -0.140. The number of nitrogens with zero attached hydrogens (tertiary/aromatic N) is 3. The first-order valence-corrected chi connectivity index (χ1v) is 9.98. The third-order valence-corrected chi connectivity index (χ3v) is 5.71. The minimum atomic E-state index is 0.165. The van der Waals surface area contributed by atoms with E-state index in [4.69, 9.17) is 4.74 Å². The third kappa shape index (κ3) is 5.22. The molecule has 2 aliphatic rings. The Balaban J connectivity index is 1.44. The fourth-order valence-electron chi connectivity index (χ4n) is 3.88. The van der Waals surface area contributed by atoms with Crippen molar-refractivity contribution in [3.63, 3.8) is 0 Å². The zero-order chi connectivity index (χ0) is 19.2. The number of rotatable bonds is 6. The van der Waals surface area contributed by atoms with Crippen molar-refractivity contribution in [1.82, 2.24) is 14.7 Å². The van der Waals surface area contributed by atoms with Crippen LogP contribution in [0.2, 0.25) is 0 Å². The zero-order valence-electron chi connectivity index (χ0n) is 16.5. The second-order valence-electron chi connectivity index (χ2n) is 7.62. The van der Waals surface area contributed by atoms with Crippen LogP contribution in [0.15, 0.2) is 24.3 Å². The van der Waals surface area contributed by atoms with E-state index in [1.54, 1.807) is 7.11 Å². The minimum absolute atomic E-state index is 0.165. The van der Waals surface area contributed by atoms with Crippen LogP contribution in [0.5, 0.6) is 5.75 Å². The molecule has 2 saturated heterocycles. The van der Waals surface area contributed by atoms with Gasteiger partial charge < -0.3 is 14.5 Å². The van der Waals surface area contributed by atoms with Crippen LogP contribution in [0.25, 0.3) is 0 Å². The molecule has 2 fully saturated rings. The molecular weight excluding hydrogens is 342 g/mol. The first-order valence-electron chi connectivity index (χ1n) is 9.98. The number of likely N-dealkylation sites (tertiary alicyclic amines) is 1. The predicted molar refractivity (Wildman–Crippen MR) is 105 cm³/mol. The Morgan fingerprint density at radius 1 is 0.926 bits per heavy atom. The lowest BCUT2D eigenvalue weighted by atomic mass is 9.97. The number of hydrogen-bond acceptors (Lipinski definition) is 4. The van der Waals surface area contributed by atoms with Gasteiger partial charge in [0.25, 0.3) is 0 Å². The van der Waals surface area contributed by atoms with Crippen LogP contribution < -0.4 is 4.74 Å². The maximum Gasteiger partial charge on any atom is 0.236 e. The monoisotopic (exact) mass is 373 g/mol. The molecule has 0 radical (unpaired) electrons. The van der Waals surface area contributed by atoms with Crippen LogP contribution >= 0.6 is 0 Å². The van der Waals surface area contributed by atoms with Crippen LogP contribution in [-0.2, 0) is 9.59 Å². The average Bonchev–Trinajstić information content (AvgIpc) is 3.21.